The molecule has 3 unspecified atom stereocenters. The van der Waals surface area contributed by atoms with Crippen molar-refractivity contribution in [1.82, 2.24) is 10.2 Å². The highest BCUT2D eigenvalue weighted by atomic mass is 35.5. The fourth-order valence-electron chi connectivity index (χ4n) is 4.30. The number of likely N-dealkylation sites (tertiary alicyclic amines) is 1. The molecule has 0 radical (unpaired) electrons. The lowest BCUT2D eigenvalue weighted by Gasteiger charge is -2.57. The Morgan fingerprint density at radius 1 is 1.43 bits per heavy atom. The third-order valence-electron chi connectivity index (χ3n) is 6.35. The van der Waals surface area contributed by atoms with Crippen LogP contribution >= 0.6 is 36.2 Å². The average molecular weight is 452 g/mol. The highest BCUT2D eigenvalue weighted by Crippen LogP contribution is 2.49. The second-order valence-electron chi connectivity index (χ2n) is 8.37. The van der Waals surface area contributed by atoms with Crippen molar-refractivity contribution in [2.24, 2.45) is 17.1 Å². The van der Waals surface area contributed by atoms with Crippen molar-refractivity contribution < 1.29 is 9.53 Å². The zero-order valence-electron chi connectivity index (χ0n) is 17.1. The molecule has 2 fully saturated rings. The molecular weight excluding hydrogens is 417 g/mol. The van der Waals surface area contributed by atoms with E-state index in [0.717, 1.165) is 19.6 Å². The number of piperidine rings is 1. The van der Waals surface area contributed by atoms with Gasteiger partial charge < -0.3 is 15.8 Å². The van der Waals surface area contributed by atoms with E-state index < -0.39 is 5.54 Å². The summed E-state index contributed by atoms with van der Waals surface area (Å²) in [6.07, 6.45) is 3.04. The maximum absolute atomic E-state index is 12.8. The molecule has 2 aliphatic rings. The van der Waals surface area contributed by atoms with E-state index in [0.29, 0.717) is 25.5 Å². The van der Waals surface area contributed by atoms with Gasteiger partial charge in [0.1, 0.15) is 5.54 Å². The van der Waals surface area contributed by atoms with E-state index in [9.17, 15) is 4.79 Å². The summed E-state index contributed by atoms with van der Waals surface area (Å²) in [5.41, 5.74) is 5.33. The molecule has 5 nitrogen and oxygen atoms in total. The second kappa shape index (κ2) is 10.6. The third-order valence-corrected chi connectivity index (χ3v) is 7.21. The Hall–Kier alpha value is -0.370. The number of amides is 1. The summed E-state index contributed by atoms with van der Waals surface area (Å²) in [4.78, 5) is 16.7. The molecular formula is C20H35Cl2N3O2S. The van der Waals surface area contributed by atoms with E-state index in [2.05, 4.69) is 27.7 Å². The monoisotopic (exact) mass is 451 g/mol. The summed E-state index contributed by atoms with van der Waals surface area (Å²) in [5.74, 6) is 0.482. The Bertz CT molecular complexity index is 615. The standard InChI is InChI=1S/C20H33N3O2S.2ClH/c1-4-25-17-11-20(21,19(17,2)3)18(24)22-12-15-7-5-9-23(13-15)14-16-8-6-10-26-16;;/h6,8,10,15,17H,4-5,7,9,11-14,21H2,1-3H3,(H,22,24);2*1H. The van der Waals surface area contributed by atoms with E-state index in [4.69, 9.17) is 10.5 Å². The number of thiophene rings is 1. The first-order valence-electron chi connectivity index (χ1n) is 9.80. The number of carbonyl (C=O) groups excluding carboxylic acids is 1. The summed E-state index contributed by atoms with van der Waals surface area (Å²) < 4.78 is 5.73. The SMILES string of the molecule is CCOC1CC(N)(C(=O)NCC2CCCN(Cc3cccs3)C2)C1(C)C.Cl.Cl. The van der Waals surface area contributed by atoms with Crippen LogP contribution < -0.4 is 11.1 Å². The number of nitrogens with zero attached hydrogens (tertiary/aromatic N) is 1. The van der Waals surface area contributed by atoms with Crippen LogP contribution in [0.3, 0.4) is 0 Å². The smallest absolute Gasteiger partial charge is 0.240 e. The summed E-state index contributed by atoms with van der Waals surface area (Å²) in [7, 11) is 0. The molecule has 3 atom stereocenters. The van der Waals surface area contributed by atoms with E-state index in [1.165, 1.54) is 17.7 Å². The van der Waals surface area contributed by atoms with Gasteiger partial charge in [-0.05, 0) is 43.7 Å². The van der Waals surface area contributed by atoms with Gasteiger partial charge >= 0.3 is 0 Å². The van der Waals surface area contributed by atoms with Crippen molar-refractivity contribution in [3.8, 4) is 0 Å². The fourth-order valence-corrected chi connectivity index (χ4v) is 5.05. The molecule has 0 spiro atoms. The van der Waals surface area contributed by atoms with Crippen LogP contribution in [0.2, 0.25) is 0 Å². The predicted octanol–water partition coefficient (Wildman–Crippen LogP) is 3.45. The largest absolute Gasteiger partial charge is 0.378 e. The quantitative estimate of drug-likeness (QED) is 0.665. The molecule has 1 aliphatic carbocycles. The predicted molar refractivity (Wildman–Crippen MR) is 121 cm³/mol. The summed E-state index contributed by atoms with van der Waals surface area (Å²) >= 11 is 1.81. The van der Waals surface area contributed by atoms with Crippen molar-refractivity contribution in [2.75, 3.05) is 26.2 Å². The minimum atomic E-state index is -0.821. The molecule has 1 amide bonds. The van der Waals surface area contributed by atoms with Crippen LogP contribution in [-0.4, -0.2) is 48.7 Å². The Morgan fingerprint density at radius 2 is 2.18 bits per heavy atom. The zero-order valence-corrected chi connectivity index (χ0v) is 19.6. The number of hydrogen-bond acceptors (Lipinski definition) is 5. The first-order valence-corrected chi connectivity index (χ1v) is 10.7. The van der Waals surface area contributed by atoms with Gasteiger partial charge in [0.25, 0.3) is 0 Å². The molecule has 2 heterocycles. The number of nitrogens with two attached hydrogens (primary N) is 1. The van der Waals surface area contributed by atoms with Crippen molar-refractivity contribution in [3.63, 3.8) is 0 Å². The van der Waals surface area contributed by atoms with Crippen molar-refractivity contribution in [2.45, 2.75) is 58.2 Å². The van der Waals surface area contributed by atoms with Gasteiger partial charge in [0.2, 0.25) is 5.91 Å². The van der Waals surface area contributed by atoms with Gasteiger partial charge in [-0.3, -0.25) is 9.69 Å². The highest BCUT2D eigenvalue weighted by Gasteiger charge is 2.62. The van der Waals surface area contributed by atoms with Gasteiger partial charge in [-0.2, -0.15) is 0 Å². The molecule has 3 rings (SSSR count). The Labute approximate surface area is 185 Å². The van der Waals surface area contributed by atoms with Crippen LogP contribution in [0.25, 0.3) is 0 Å². The second-order valence-corrected chi connectivity index (χ2v) is 9.41. The van der Waals surface area contributed by atoms with Crippen LogP contribution in [0.1, 0.15) is 44.9 Å². The van der Waals surface area contributed by atoms with Crippen LogP contribution in [-0.2, 0) is 16.1 Å². The summed E-state index contributed by atoms with van der Waals surface area (Å²) in [5, 5.41) is 5.28. The van der Waals surface area contributed by atoms with Crippen molar-refractivity contribution in [3.05, 3.63) is 22.4 Å². The maximum Gasteiger partial charge on any atom is 0.240 e. The molecule has 8 heteroatoms. The molecule has 0 bridgehead atoms. The number of ether oxygens (including phenoxy) is 1. The van der Waals surface area contributed by atoms with Gasteiger partial charge in [-0.1, -0.05) is 19.9 Å². The maximum atomic E-state index is 12.8. The Kier molecular flexibility index (Phi) is 9.71. The number of carbonyl (C=O) groups is 1. The molecule has 162 valence electrons. The zero-order chi connectivity index (χ0) is 18.8. The van der Waals surface area contributed by atoms with Crippen LogP contribution in [0.15, 0.2) is 17.5 Å². The highest BCUT2D eigenvalue weighted by molar-refractivity contribution is 7.09. The number of rotatable bonds is 7. The first-order chi connectivity index (χ1) is 12.4. The molecule has 1 aromatic rings. The van der Waals surface area contributed by atoms with Crippen LogP contribution in [0.4, 0.5) is 0 Å². The fraction of sp³-hybridized carbons (Fsp3) is 0.750. The van der Waals surface area contributed by atoms with Crippen molar-refractivity contribution in [1.29, 1.82) is 0 Å². The first kappa shape index (κ1) is 25.7. The minimum Gasteiger partial charge on any atom is -0.378 e. The van der Waals surface area contributed by atoms with Gasteiger partial charge in [0.15, 0.2) is 0 Å². The number of halogens is 2. The molecule has 1 aromatic heterocycles. The molecule has 28 heavy (non-hydrogen) atoms. The van der Waals surface area contributed by atoms with Crippen LogP contribution in [0, 0.1) is 11.3 Å². The lowest BCUT2D eigenvalue weighted by Crippen LogP contribution is -2.76. The van der Waals surface area contributed by atoms with Gasteiger partial charge in [0, 0.05) is 43.0 Å². The molecule has 1 saturated heterocycles. The Balaban J connectivity index is 0.00000196. The molecule has 0 aromatic carbocycles. The van der Waals surface area contributed by atoms with E-state index >= 15 is 0 Å². The van der Waals surface area contributed by atoms with Gasteiger partial charge in [-0.25, -0.2) is 0 Å². The lowest BCUT2D eigenvalue weighted by atomic mass is 9.54. The topological polar surface area (TPSA) is 67.6 Å². The molecule has 1 saturated carbocycles. The van der Waals surface area contributed by atoms with Gasteiger partial charge in [-0.15, -0.1) is 36.2 Å². The van der Waals surface area contributed by atoms with E-state index in [1.807, 2.05) is 32.1 Å². The van der Waals surface area contributed by atoms with Gasteiger partial charge in [0.05, 0.1) is 6.10 Å². The Morgan fingerprint density at radius 3 is 2.79 bits per heavy atom. The number of hydrogen-bond donors (Lipinski definition) is 2. The van der Waals surface area contributed by atoms with E-state index in [1.54, 1.807) is 0 Å². The average Bonchev–Trinajstić information content (AvgIpc) is 3.12. The normalized spacial score (nSPS) is 29.1. The van der Waals surface area contributed by atoms with Crippen LogP contribution in [0.5, 0.6) is 0 Å². The molecule has 1 aliphatic heterocycles. The van der Waals surface area contributed by atoms with E-state index in [-0.39, 0.29) is 42.2 Å². The van der Waals surface area contributed by atoms with Crippen molar-refractivity contribution >= 4 is 42.1 Å². The number of nitrogens with one attached hydrogen (secondary N) is 1. The lowest BCUT2D eigenvalue weighted by molar-refractivity contribution is -0.170. The molecule has 3 N–H and O–H groups in total. The third kappa shape index (κ3) is 5.21. The summed E-state index contributed by atoms with van der Waals surface area (Å²) in [6, 6.07) is 4.31. The summed E-state index contributed by atoms with van der Waals surface area (Å²) in [6.45, 7) is 10.7. The minimum absolute atomic E-state index is 0.